The van der Waals surface area contributed by atoms with Crippen molar-refractivity contribution in [3.63, 3.8) is 0 Å². The lowest BCUT2D eigenvalue weighted by Gasteiger charge is -2.24. The fourth-order valence-corrected chi connectivity index (χ4v) is 3.77. The molecule has 1 saturated heterocycles. The second kappa shape index (κ2) is 14.6. The molecule has 0 aromatic heterocycles. The van der Waals surface area contributed by atoms with Gasteiger partial charge in [0.15, 0.2) is 6.29 Å². The predicted octanol–water partition coefficient (Wildman–Crippen LogP) is 3.77. The van der Waals surface area contributed by atoms with Crippen LogP contribution < -0.4 is 10.1 Å². The highest BCUT2D eigenvalue weighted by Gasteiger charge is 2.34. The number of hydrogen-bond acceptors (Lipinski definition) is 6. The monoisotopic (exact) mass is 493 g/mol. The van der Waals surface area contributed by atoms with Crippen molar-refractivity contribution < 1.29 is 34.0 Å². The largest absolute Gasteiger partial charge is 0.492 e. The van der Waals surface area contributed by atoms with Crippen molar-refractivity contribution >= 4 is 11.9 Å². The van der Waals surface area contributed by atoms with Crippen LogP contribution in [0.2, 0.25) is 0 Å². The van der Waals surface area contributed by atoms with Crippen molar-refractivity contribution in [1.82, 2.24) is 5.32 Å². The normalized spacial score (nSPS) is 16.7. The van der Waals surface area contributed by atoms with Crippen molar-refractivity contribution in [1.29, 1.82) is 0 Å². The topological polar surface area (TPSA) is 114 Å². The van der Waals surface area contributed by atoms with Gasteiger partial charge in [0.1, 0.15) is 12.4 Å². The molecule has 1 heterocycles. The fourth-order valence-electron chi connectivity index (χ4n) is 3.77. The number of carboxylic acids is 2. The van der Waals surface area contributed by atoms with Crippen LogP contribution in [-0.2, 0) is 19.1 Å². The van der Waals surface area contributed by atoms with E-state index in [9.17, 15) is 0 Å². The third-order valence-electron chi connectivity index (χ3n) is 5.48. The van der Waals surface area contributed by atoms with E-state index < -0.39 is 11.9 Å². The molecule has 0 spiro atoms. The number of ether oxygens (including phenoxy) is 3. The lowest BCUT2D eigenvalue weighted by molar-refractivity contribution is -0.159. The van der Waals surface area contributed by atoms with Crippen LogP contribution >= 0.6 is 0 Å². The van der Waals surface area contributed by atoms with Crippen LogP contribution in [0.3, 0.4) is 0 Å². The fraction of sp³-hybridized carbons (Fsp3) is 0.286. The van der Waals surface area contributed by atoms with Gasteiger partial charge in [-0.05, 0) is 36.2 Å². The van der Waals surface area contributed by atoms with Gasteiger partial charge >= 0.3 is 11.9 Å². The number of benzene rings is 3. The van der Waals surface area contributed by atoms with E-state index in [1.165, 1.54) is 11.1 Å². The maximum atomic E-state index is 9.10. The molecule has 0 saturated carbocycles. The van der Waals surface area contributed by atoms with Gasteiger partial charge in [0.05, 0.1) is 18.6 Å². The molecule has 1 aliphatic rings. The van der Waals surface area contributed by atoms with Gasteiger partial charge in [-0.1, -0.05) is 78.9 Å². The number of rotatable bonds is 10. The molecule has 36 heavy (non-hydrogen) atoms. The van der Waals surface area contributed by atoms with Gasteiger partial charge in [-0.3, -0.25) is 0 Å². The quantitative estimate of drug-likeness (QED) is 0.289. The third kappa shape index (κ3) is 8.81. The zero-order chi connectivity index (χ0) is 25.6. The van der Waals surface area contributed by atoms with Crippen LogP contribution in [0.15, 0.2) is 91.0 Å². The highest BCUT2D eigenvalue weighted by molar-refractivity contribution is 6.27. The summed E-state index contributed by atoms with van der Waals surface area (Å²) in [6.07, 6.45) is 0.756. The molecule has 8 heteroatoms. The van der Waals surface area contributed by atoms with Crippen LogP contribution in [0.5, 0.6) is 5.75 Å². The van der Waals surface area contributed by atoms with Crippen molar-refractivity contribution in [2.24, 2.45) is 0 Å². The van der Waals surface area contributed by atoms with Gasteiger partial charge in [0.25, 0.3) is 0 Å². The number of hydrogen-bond donors (Lipinski definition) is 3. The molecule has 2 atom stereocenters. The molecule has 3 N–H and O–H groups in total. The average Bonchev–Trinajstić information content (AvgIpc) is 3.37. The summed E-state index contributed by atoms with van der Waals surface area (Å²) in [6, 6.07) is 30.8. The molecule has 0 bridgehead atoms. The molecule has 190 valence electrons. The van der Waals surface area contributed by atoms with E-state index in [2.05, 4.69) is 53.8 Å². The lowest BCUT2D eigenvalue weighted by Crippen LogP contribution is -2.27. The minimum Gasteiger partial charge on any atom is -0.492 e. The molecule has 3 aromatic carbocycles. The highest BCUT2D eigenvalue weighted by atomic mass is 16.7. The first-order valence-corrected chi connectivity index (χ1v) is 11.8. The summed E-state index contributed by atoms with van der Waals surface area (Å²) < 4.78 is 18.1. The van der Waals surface area contributed by atoms with E-state index in [0.717, 1.165) is 25.3 Å². The van der Waals surface area contributed by atoms with Crippen LogP contribution in [0.25, 0.3) is 0 Å². The molecule has 1 fully saturated rings. The minimum absolute atomic E-state index is 0.0737. The van der Waals surface area contributed by atoms with Crippen molar-refractivity contribution in [2.45, 2.75) is 24.7 Å². The molecule has 0 amide bonds. The summed E-state index contributed by atoms with van der Waals surface area (Å²) in [6.45, 7) is 2.96. The molecular weight excluding hydrogens is 462 g/mol. The van der Waals surface area contributed by atoms with Gasteiger partial charge in [0, 0.05) is 6.54 Å². The van der Waals surface area contributed by atoms with E-state index in [1.54, 1.807) is 0 Å². The van der Waals surface area contributed by atoms with Crippen LogP contribution in [-0.4, -0.2) is 60.8 Å². The third-order valence-corrected chi connectivity index (χ3v) is 5.48. The summed E-state index contributed by atoms with van der Waals surface area (Å²) in [5, 5.41) is 18.2. The Kier molecular flexibility index (Phi) is 10.9. The maximum absolute atomic E-state index is 9.10. The van der Waals surface area contributed by atoms with E-state index >= 15 is 0 Å². The molecule has 1 aliphatic heterocycles. The molecular formula is C28H31NO7. The molecule has 3 aromatic rings. The van der Waals surface area contributed by atoms with Gasteiger partial charge in [-0.2, -0.15) is 0 Å². The SMILES string of the molecule is O=C(O)C(=O)O.c1ccc(OCCNCC[C@@H]2CO[C@H](C(c3ccccc3)c3ccccc3)O2)cc1. The van der Waals surface area contributed by atoms with Crippen LogP contribution in [0, 0.1) is 0 Å². The summed E-state index contributed by atoms with van der Waals surface area (Å²) in [5.74, 6) is -2.67. The number of carboxylic acid groups (broad SMARTS) is 2. The standard InChI is InChI=1S/C26H29NO3.C2H2O4/c1-4-10-21(11-5-1)25(22-12-6-2-7-13-22)26-29-20-24(30-26)16-17-27-18-19-28-23-14-8-3-9-15-23;3-1(4)2(5)6/h1-15,24-27H,16-20H2;(H,3,4)(H,5,6)/t24-,26+;/m1./s1. The van der Waals surface area contributed by atoms with Crippen molar-refractivity contribution in [3.05, 3.63) is 102 Å². The summed E-state index contributed by atoms with van der Waals surface area (Å²) in [4.78, 5) is 18.2. The predicted molar refractivity (Wildman–Crippen MR) is 134 cm³/mol. The number of carbonyl (C=O) groups is 2. The number of para-hydroxylation sites is 1. The van der Waals surface area contributed by atoms with Gasteiger partial charge < -0.3 is 29.7 Å². The van der Waals surface area contributed by atoms with E-state index in [0.29, 0.717) is 13.2 Å². The smallest absolute Gasteiger partial charge is 0.414 e. The second-order valence-corrected chi connectivity index (χ2v) is 8.07. The first-order chi connectivity index (χ1) is 17.5. The van der Waals surface area contributed by atoms with E-state index in [1.807, 2.05) is 42.5 Å². The Balaban J connectivity index is 0.000000538. The number of aliphatic carboxylic acids is 2. The molecule has 4 rings (SSSR count). The lowest BCUT2D eigenvalue weighted by atomic mass is 9.91. The minimum atomic E-state index is -1.82. The molecule has 0 radical (unpaired) electrons. The zero-order valence-electron chi connectivity index (χ0n) is 19.9. The maximum Gasteiger partial charge on any atom is 0.414 e. The Labute approximate surface area is 210 Å². The Morgan fingerprint density at radius 3 is 1.89 bits per heavy atom. The van der Waals surface area contributed by atoms with Crippen LogP contribution in [0.1, 0.15) is 23.5 Å². The zero-order valence-corrected chi connectivity index (χ0v) is 19.9. The summed E-state index contributed by atoms with van der Waals surface area (Å²) in [5.41, 5.74) is 2.43. The van der Waals surface area contributed by atoms with Gasteiger partial charge in [-0.25, -0.2) is 9.59 Å². The highest BCUT2D eigenvalue weighted by Crippen LogP contribution is 2.34. The van der Waals surface area contributed by atoms with Gasteiger partial charge in [-0.15, -0.1) is 0 Å². The average molecular weight is 494 g/mol. The van der Waals surface area contributed by atoms with Crippen LogP contribution in [0.4, 0.5) is 0 Å². The first kappa shape index (κ1) is 26.9. The van der Waals surface area contributed by atoms with Gasteiger partial charge in [0.2, 0.25) is 0 Å². The second-order valence-electron chi connectivity index (χ2n) is 8.07. The van der Waals surface area contributed by atoms with Crippen molar-refractivity contribution in [2.75, 3.05) is 26.3 Å². The summed E-state index contributed by atoms with van der Waals surface area (Å²) >= 11 is 0. The Hall–Kier alpha value is -3.72. The van der Waals surface area contributed by atoms with E-state index in [4.69, 9.17) is 34.0 Å². The molecule has 0 aliphatic carbocycles. The first-order valence-electron chi connectivity index (χ1n) is 11.8. The van der Waals surface area contributed by atoms with E-state index in [-0.39, 0.29) is 18.3 Å². The molecule has 8 nitrogen and oxygen atoms in total. The molecule has 0 unspecified atom stereocenters. The Bertz CT molecular complexity index is 996. The number of nitrogens with one attached hydrogen (secondary N) is 1. The Morgan fingerprint density at radius 1 is 0.833 bits per heavy atom. The summed E-state index contributed by atoms with van der Waals surface area (Å²) in [7, 11) is 0. The Morgan fingerprint density at radius 2 is 1.36 bits per heavy atom. The van der Waals surface area contributed by atoms with Crippen molar-refractivity contribution in [3.8, 4) is 5.75 Å².